The molecule has 1 N–H and O–H groups in total. The van der Waals surface area contributed by atoms with Crippen LogP contribution in [0.5, 0.6) is 0 Å². The molecule has 6 heteroatoms. The summed E-state index contributed by atoms with van der Waals surface area (Å²) >= 11 is 5.93. The van der Waals surface area contributed by atoms with E-state index in [1.165, 1.54) is 18.2 Å². The summed E-state index contributed by atoms with van der Waals surface area (Å²) in [6, 6.07) is 4.04. The van der Waals surface area contributed by atoms with E-state index in [1.807, 2.05) is 0 Å². The summed E-state index contributed by atoms with van der Waals surface area (Å²) in [7, 11) is 1.61. The van der Waals surface area contributed by atoms with E-state index in [1.54, 1.807) is 11.9 Å². The van der Waals surface area contributed by atoms with Crippen molar-refractivity contribution < 1.29 is 14.0 Å². The third-order valence-electron chi connectivity index (χ3n) is 3.75. The van der Waals surface area contributed by atoms with Crippen LogP contribution in [-0.4, -0.2) is 36.9 Å². The second-order valence-electron chi connectivity index (χ2n) is 5.28. The molecule has 0 spiro atoms. The lowest BCUT2D eigenvalue weighted by Gasteiger charge is -2.17. The van der Waals surface area contributed by atoms with Gasteiger partial charge in [-0.05, 0) is 30.0 Å². The van der Waals surface area contributed by atoms with Crippen molar-refractivity contribution >= 4 is 23.4 Å². The van der Waals surface area contributed by atoms with Gasteiger partial charge < -0.3 is 10.2 Å². The van der Waals surface area contributed by atoms with Gasteiger partial charge in [-0.3, -0.25) is 9.59 Å². The molecule has 114 valence electrons. The molecule has 4 nitrogen and oxygen atoms in total. The van der Waals surface area contributed by atoms with Crippen molar-refractivity contribution in [3.8, 4) is 0 Å². The SMILES string of the molecule is CNC(=O)C[C@@H]1CCN(C(=O)Cc2ccc(F)cc2Cl)C1. The van der Waals surface area contributed by atoms with Crippen LogP contribution in [0, 0.1) is 11.7 Å². The Balaban J connectivity index is 1.91. The third kappa shape index (κ3) is 4.17. The van der Waals surface area contributed by atoms with Gasteiger partial charge in [0.25, 0.3) is 0 Å². The van der Waals surface area contributed by atoms with E-state index in [4.69, 9.17) is 11.6 Å². The smallest absolute Gasteiger partial charge is 0.227 e. The van der Waals surface area contributed by atoms with Crippen LogP contribution in [-0.2, 0) is 16.0 Å². The summed E-state index contributed by atoms with van der Waals surface area (Å²) in [4.78, 5) is 25.3. The Hall–Kier alpha value is -1.62. The number of nitrogens with zero attached hydrogens (tertiary/aromatic N) is 1. The number of likely N-dealkylation sites (tertiary alicyclic amines) is 1. The highest BCUT2D eigenvalue weighted by Gasteiger charge is 2.27. The van der Waals surface area contributed by atoms with Crippen molar-refractivity contribution in [3.05, 3.63) is 34.6 Å². The Kier molecular flexibility index (Phi) is 5.17. The molecule has 0 saturated carbocycles. The second-order valence-corrected chi connectivity index (χ2v) is 5.69. The van der Waals surface area contributed by atoms with E-state index < -0.39 is 5.82 Å². The standard InChI is InChI=1S/C15H18ClFN2O2/c1-18-14(20)6-10-4-5-19(9-10)15(21)7-11-2-3-12(17)8-13(11)16/h2-3,8,10H,4-7,9H2,1H3,(H,18,20)/t10-/m0/s1. The van der Waals surface area contributed by atoms with Gasteiger partial charge in [-0.1, -0.05) is 17.7 Å². The minimum atomic E-state index is -0.414. The molecule has 1 fully saturated rings. The van der Waals surface area contributed by atoms with Crippen molar-refractivity contribution in [1.82, 2.24) is 10.2 Å². The predicted molar refractivity (Wildman–Crippen MR) is 78.5 cm³/mol. The average molecular weight is 313 g/mol. The number of carbonyl (C=O) groups excluding carboxylic acids is 2. The van der Waals surface area contributed by atoms with Crippen LogP contribution in [0.25, 0.3) is 0 Å². The molecule has 1 aliphatic heterocycles. The first-order valence-electron chi connectivity index (χ1n) is 6.92. The maximum absolute atomic E-state index is 13.0. The fraction of sp³-hybridized carbons (Fsp3) is 0.467. The van der Waals surface area contributed by atoms with Gasteiger partial charge in [-0.25, -0.2) is 4.39 Å². The molecule has 0 aliphatic carbocycles. The van der Waals surface area contributed by atoms with Gasteiger partial charge in [0.2, 0.25) is 11.8 Å². The van der Waals surface area contributed by atoms with Crippen molar-refractivity contribution in [2.75, 3.05) is 20.1 Å². The van der Waals surface area contributed by atoms with Crippen molar-refractivity contribution in [1.29, 1.82) is 0 Å². The Morgan fingerprint density at radius 3 is 2.90 bits per heavy atom. The molecular weight excluding hydrogens is 295 g/mol. The highest BCUT2D eigenvalue weighted by atomic mass is 35.5. The van der Waals surface area contributed by atoms with Gasteiger partial charge in [0, 0.05) is 31.6 Å². The van der Waals surface area contributed by atoms with Crippen LogP contribution in [0.15, 0.2) is 18.2 Å². The maximum atomic E-state index is 13.0. The first kappa shape index (κ1) is 15.8. The Morgan fingerprint density at radius 1 is 1.48 bits per heavy atom. The highest BCUT2D eigenvalue weighted by Crippen LogP contribution is 2.22. The van der Waals surface area contributed by atoms with Crippen LogP contribution in [0.4, 0.5) is 4.39 Å². The minimum absolute atomic E-state index is 0.00382. The summed E-state index contributed by atoms with van der Waals surface area (Å²) in [5.74, 6) is -0.251. The number of amides is 2. The molecule has 1 saturated heterocycles. The van der Waals surface area contributed by atoms with Crippen molar-refractivity contribution in [3.63, 3.8) is 0 Å². The summed E-state index contributed by atoms with van der Waals surface area (Å²) in [5, 5.41) is 2.86. The molecule has 1 aliphatic rings. The molecule has 0 aromatic heterocycles. The van der Waals surface area contributed by atoms with Gasteiger partial charge in [-0.2, -0.15) is 0 Å². The lowest BCUT2D eigenvalue weighted by Crippen LogP contribution is -2.31. The largest absolute Gasteiger partial charge is 0.359 e. The van der Waals surface area contributed by atoms with Crippen LogP contribution in [0.2, 0.25) is 5.02 Å². The number of benzene rings is 1. The average Bonchev–Trinajstić information content (AvgIpc) is 2.90. The molecule has 0 unspecified atom stereocenters. The Bertz CT molecular complexity index is 550. The van der Waals surface area contributed by atoms with Crippen molar-refractivity contribution in [2.24, 2.45) is 5.92 Å². The summed E-state index contributed by atoms with van der Waals surface area (Å²) in [6.45, 7) is 1.24. The monoisotopic (exact) mass is 312 g/mol. The highest BCUT2D eigenvalue weighted by molar-refractivity contribution is 6.31. The first-order valence-corrected chi connectivity index (χ1v) is 7.29. The van der Waals surface area contributed by atoms with Gasteiger partial charge >= 0.3 is 0 Å². The van der Waals surface area contributed by atoms with E-state index in [2.05, 4.69) is 5.32 Å². The van der Waals surface area contributed by atoms with E-state index in [0.717, 1.165) is 6.42 Å². The van der Waals surface area contributed by atoms with Crippen LogP contribution in [0.1, 0.15) is 18.4 Å². The quantitative estimate of drug-likeness (QED) is 0.924. The zero-order valence-electron chi connectivity index (χ0n) is 11.9. The summed E-state index contributed by atoms with van der Waals surface area (Å²) < 4.78 is 13.0. The first-order chi connectivity index (χ1) is 9.99. The zero-order chi connectivity index (χ0) is 15.4. The lowest BCUT2D eigenvalue weighted by molar-refractivity contribution is -0.130. The fourth-order valence-corrected chi connectivity index (χ4v) is 2.76. The fourth-order valence-electron chi connectivity index (χ4n) is 2.53. The molecule has 1 aromatic carbocycles. The van der Waals surface area contributed by atoms with Gasteiger partial charge in [0.1, 0.15) is 5.82 Å². The zero-order valence-corrected chi connectivity index (χ0v) is 12.6. The van der Waals surface area contributed by atoms with Gasteiger partial charge in [0.15, 0.2) is 0 Å². The second kappa shape index (κ2) is 6.89. The lowest BCUT2D eigenvalue weighted by atomic mass is 10.0. The molecule has 21 heavy (non-hydrogen) atoms. The van der Waals surface area contributed by atoms with E-state index >= 15 is 0 Å². The molecule has 0 radical (unpaired) electrons. The molecule has 1 atom stereocenters. The normalized spacial score (nSPS) is 17.9. The molecule has 2 rings (SSSR count). The predicted octanol–water partition coefficient (Wildman–Crippen LogP) is 2.01. The van der Waals surface area contributed by atoms with E-state index in [-0.39, 0.29) is 29.2 Å². The molecular formula is C15H18ClFN2O2. The number of halogens is 2. The molecule has 2 amide bonds. The Labute approximate surface area is 128 Å². The number of nitrogens with one attached hydrogen (secondary N) is 1. The topological polar surface area (TPSA) is 49.4 Å². The summed E-state index contributed by atoms with van der Waals surface area (Å²) in [6.07, 6.45) is 1.43. The van der Waals surface area contributed by atoms with Crippen LogP contribution >= 0.6 is 11.6 Å². The Morgan fingerprint density at radius 2 is 2.24 bits per heavy atom. The van der Waals surface area contributed by atoms with Crippen LogP contribution < -0.4 is 5.32 Å². The number of rotatable bonds is 4. The number of carbonyl (C=O) groups is 2. The third-order valence-corrected chi connectivity index (χ3v) is 4.10. The van der Waals surface area contributed by atoms with Crippen molar-refractivity contribution in [2.45, 2.75) is 19.3 Å². The maximum Gasteiger partial charge on any atom is 0.227 e. The summed E-state index contributed by atoms with van der Waals surface area (Å²) in [5.41, 5.74) is 0.623. The molecule has 1 heterocycles. The number of hydrogen-bond acceptors (Lipinski definition) is 2. The van der Waals surface area contributed by atoms with E-state index in [9.17, 15) is 14.0 Å². The molecule has 1 aromatic rings. The van der Waals surface area contributed by atoms with Gasteiger partial charge in [0.05, 0.1) is 6.42 Å². The minimum Gasteiger partial charge on any atom is -0.359 e. The van der Waals surface area contributed by atoms with Crippen LogP contribution in [0.3, 0.4) is 0 Å². The molecule has 0 bridgehead atoms. The van der Waals surface area contributed by atoms with E-state index in [0.29, 0.717) is 25.1 Å². The number of hydrogen-bond donors (Lipinski definition) is 1. The van der Waals surface area contributed by atoms with Gasteiger partial charge in [-0.15, -0.1) is 0 Å².